The normalized spacial score (nSPS) is 11.9. The number of ether oxygens (including phenoxy) is 1. The number of hydrogen-bond donors (Lipinski definition) is 1. The molecule has 7 aromatic rings. The summed E-state index contributed by atoms with van der Waals surface area (Å²) in [6.45, 7) is 0.295. The smallest absolute Gasteiger partial charge is 0.119 e. The summed E-state index contributed by atoms with van der Waals surface area (Å²) >= 11 is 0. The van der Waals surface area contributed by atoms with Crippen molar-refractivity contribution in [2.45, 2.75) is 6.42 Å². The molecule has 2 heteroatoms. The minimum absolute atomic E-state index is 0.00217. The van der Waals surface area contributed by atoms with Crippen molar-refractivity contribution in [3.63, 3.8) is 0 Å². The molecular formula is C41H30O2. The summed E-state index contributed by atoms with van der Waals surface area (Å²) in [5.74, 6) is 0.767. The highest BCUT2D eigenvalue weighted by Gasteiger charge is 2.29. The van der Waals surface area contributed by atoms with Gasteiger partial charge in [-0.3, -0.25) is 0 Å². The highest BCUT2D eigenvalue weighted by atomic mass is 16.5. The fourth-order valence-electron chi connectivity index (χ4n) is 6.88. The average molecular weight is 555 g/mol. The monoisotopic (exact) mass is 554 g/mol. The van der Waals surface area contributed by atoms with Gasteiger partial charge in [-0.2, -0.15) is 0 Å². The van der Waals surface area contributed by atoms with Crippen LogP contribution in [-0.4, -0.2) is 18.3 Å². The maximum Gasteiger partial charge on any atom is 0.119 e. The van der Waals surface area contributed by atoms with E-state index in [2.05, 4.69) is 127 Å². The minimum atomic E-state index is 0.00217. The van der Waals surface area contributed by atoms with Crippen molar-refractivity contribution >= 4 is 21.5 Å². The van der Waals surface area contributed by atoms with Crippen LogP contribution in [0.15, 0.2) is 140 Å². The van der Waals surface area contributed by atoms with Crippen LogP contribution in [-0.2, 0) is 6.42 Å². The molecule has 7 aromatic carbocycles. The van der Waals surface area contributed by atoms with Gasteiger partial charge >= 0.3 is 0 Å². The number of aliphatic hydroxyl groups is 1. The van der Waals surface area contributed by atoms with Gasteiger partial charge in [0.15, 0.2) is 0 Å². The van der Waals surface area contributed by atoms with Crippen molar-refractivity contribution in [3.05, 3.63) is 151 Å². The predicted molar refractivity (Wildman–Crippen MR) is 179 cm³/mol. The van der Waals surface area contributed by atoms with Crippen LogP contribution in [0.1, 0.15) is 11.1 Å². The van der Waals surface area contributed by atoms with Gasteiger partial charge in [0.05, 0.1) is 6.61 Å². The summed E-state index contributed by atoms with van der Waals surface area (Å²) in [5, 5.41) is 14.2. The molecule has 0 spiro atoms. The third kappa shape index (κ3) is 4.31. The fourth-order valence-corrected chi connectivity index (χ4v) is 6.88. The summed E-state index contributed by atoms with van der Waals surface area (Å²) in [6, 6.07) is 50.3. The largest absolute Gasteiger partial charge is 0.491 e. The molecule has 0 fully saturated rings. The molecule has 206 valence electrons. The van der Waals surface area contributed by atoms with Gasteiger partial charge in [-0.15, -0.1) is 0 Å². The minimum Gasteiger partial charge on any atom is -0.491 e. The topological polar surface area (TPSA) is 29.5 Å². The Bertz CT molecular complexity index is 2130. The third-order valence-corrected chi connectivity index (χ3v) is 8.77. The fraction of sp³-hybridized carbons (Fsp3) is 0.0732. The molecule has 0 saturated carbocycles. The zero-order valence-electron chi connectivity index (χ0n) is 23.8. The van der Waals surface area contributed by atoms with Crippen molar-refractivity contribution < 1.29 is 9.84 Å². The van der Waals surface area contributed by atoms with Crippen LogP contribution in [0.2, 0.25) is 0 Å². The lowest BCUT2D eigenvalue weighted by Gasteiger charge is -2.19. The highest BCUT2D eigenvalue weighted by Crippen LogP contribution is 2.52. The third-order valence-electron chi connectivity index (χ3n) is 8.77. The molecule has 0 aromatic heterocycles. The first-order valence-electron chi connectivity index (χ1n) is 14.9. The number of fused-ring (bicyclic) bond motifs is 5. The Morgan fingerprint density at radius 3 is 1.72 bits per heavy atom. The number of benzene rings is 7. The Balaban J connectivity index is 1.40. The maximum absolute atomic E-state index is 9.18. The SMILES string of the molecule is OCCOc1ccc(-c2ccc(-c3cccc4ccccc34)c3c2Cc2cccc(-c4cccc5ccccc45)c2-3)cc1. The molecular weight excluding hydrogens is 524 g/mol. The quantitative estimate of drug-likeness (QED) is 0.222. The zero-order chi connectivity index (χ0) is 28.8. The lowest BCUT2D eigenvalue weighted by Crippen LogP contribution is -2.01. The van der Waals surface area contributed by atoms with Crippen molar-refractivity contribution in [2.24, 2.45) is 0 Å². The molecule has 0 saturated heterocycles. The van der Waals surface area contributed by atoms with Gasteiger partial charge in [-0.1, -0.05) is 127 Å². The van der Waals surface area contributed by atoms with E-state index >= 15 is 0 Å². The summed E-state index contributed by atoms with van der Waals surface area (Å²) in [5.41, 5.74) is 12.9. The van der Waals surface area contributed by atoms with Crippen molar-refractivity contribution in [2.75, 3.05) is 13.2 Å². The van der Waals surface area contributed by atoms with Gasteiger partial charge in [0.2, 0.25) is 0 Å². The predicted octanol–water partition coefficient (Wildman–Crippen LogP) is 9.94. The van der Waals surface area contributed by atoms with Gasteiger partial charge < -0.3 is 9.84 Å². The van der Waals surface area contributed by atoms with Crippen molar-refractivity contribution in [3.8, 4) is 50.3 Å². The van der Waals surface area contributed by atoms with Gasteiger partial charge in [0.25, 0.3) is 0 Å². The van der Waals surface area contributed by atoms with E-state index in [1.54, 1.807) is 0 Å². The van der Waals surface area contributed by atoms with E-state index in [9.17, 15) is 5.11 Å². The Morgan fingerprint density at radius 2 is 1.05 bits per heavy atom. The van der Waals surface area contributed by atoms with Crippen LogP contribution >= 0.6 is 0 Å². The van der Waals surface area contributed by atoms with Crippen molar-refractivity contribution in [1.82, 2.24) is 0 Å². The van der Waals surface area contributed by atoms with E-state index < -0.39 is 0 Å². The second-order valence-corrected chi connectivity index (χ2v) is 11.2. The van der Waals surface area contributed by atoms with Crippen molar-refractivity contribution in [1.29, 1.82) is 0 Å². The Labute approximate surface area is 251 Å². The molecule has 8 rings (SSSR count). The standard InChI is InChI=1S/C41H30O2/c42-24-25-43-31-20-18-29(19-21-31)34-22-23-38(36-16-6-11-28-9-2-4-14-33(28)36)41-39(34)26-30-12-7-17-37(40(30)41)35-15-5-10-27-8-1-3-13-32(27)35/h1-23,42H,24-26H2. The van der Waals surface area contributed by atoms with E-state index in [0.717, 1.165) is 17.7 Å². The van der Waals surface area contributed by atoms with Gasteiger partial charge in [0, 0.05) is 0 Å². The molecule has 0 heterocycles. The Morgan fingerprint density at radius 1 is 0.488 bits per heavy atom. The molecule has 0 unspecified atom stereocenters. The zero-order valence-corrected chi connectivity index (χ0v) is 23.8. The van der Waals surface area contributed by atoms with Crippen LogP contribution in [0.4, 0.5) is 0 Å². The summed E-state index contributed by atoms with van der Waals surface area (Å²) < 4.78 is 5.66. The molecule has 0 bridgehead atoms. The van der Waals surface area contributed by atoms with Gasteiger partial charge in [-0.05, 0) is 95.7 Å². The average Bonchev–Trinajstić information content (AvgIpc) is 3.47. The summed E-state index contributed by atoms with van der Waals surface area (Å²) in [4.78, 5) is 0. The first kappa shape index (κ1) is 25.5. The molecule has 1 aliphatic rings. The second kappa shape index (κ2) is 10.6. The molecule has 2 nitrogen and oxygen atoms in total. The van der Waals surface area contributed by atoms with Gasteiger partial charge in [-0.25, -0.2) is 0 Å². The number of rotatable bonds is 6. The van der Waals surface area contributed by atoms with Crippen LogP contribution in [0.3, 0.4) is 0 Å². The van der Waals surface area contributed by atoms with Crippen LogP contribution in [0.25, 0.3) is 66.1 Å². The molecule has 0 atom stereocenters. The molecule has 1 N–H and O–H groups in total. The summed E-state index contributed by atoms with van der Waals surface area (Å²) in [7, 11) is 0. The molecule has 1 aliphatic carbocycles. The first-order chi connectivity index (χ1) is 21.3. The van der Waals surface area contributed by atoms with Crippen LogP contribution in [0.5, 0.6) is 5.75 Å². The van der Waals surface area contributed by atoms with Gasteiger partial charge in [0.1, 0.15) is 12.4 Å². The maximum atomic E-state index is 9.18. The number of aliphatic hydroxyl groups excluding tert-OH is 1. The lowest BCUT2D eigenvalue weighted by molar-refractivity contribution is 0.201. The first-order valence-corrected chi connectivity index (χ1v) is 14.9. The van der Waals surface area contributed by atoms with E-state index in [4.69, 9.17) is 4.74 Å². The van der Waals surface area contributed by atoms with Crippen LogP contribution < -0.4 is 4.74 Å². The van der Waals surface area contributed by atoms with Crippen LogP contribution in [0, 0.1) is 0 Å². The molecule has 0 amide bonds. The van der Waals surface area contributed by atoms with E-state index in [-0.39, 0.29) is 6.61 Å². The summed E-state index contributed by atoms with van der Waals surface area (Å²) in [6.07, 6.45) is 0.875. The highest BCUT2D eigenvalue weighted by molar-refractivity contribution is 6.08. The molecule has 43 heavy (non-hydrogen) atoms. The number of hydrogen-bond acceptors (Lipinski definition) is 2. The van der Waals surface area contributed by atoms with E-state index in [0.29, 0.717) is 6.61 Å². The Hall–Kier alpha value is -5.18. The Kier molecular flexibility index (Phi) is 6.28. The molecule has 0 aliphatic heterocycles. The second-order valence-electron chi connectivity index (χ2n) is 11.2. The van der Waals surface area contributed by atoms with E-state index in [1.807, 2.05) is 12.1 Å². The molecule has 0 radical (unpaired) electrons. The lowest BCUT2D eigenvalue weighted by atomic mass is 9.85. The van der Waals surface area contributed by atoms with E-state index in [1.165, 1.54) is 71.6 Å².